The van der Waals surface area contributed by atoms with Crippen molar-refractivity contribution in [2.45, 2.75) is 13.5 Å². The third-order valence-corrected chi connectivity index (χ3v) is 2.11. The lowest BCUT2D eigenvalue weighted by molar-refractivity contribution is 0.530. The molecule has 0 bridgehead atoms. The van der Waals surface area contributed by atoms with Crippen molar-refractivity contribution in [3.05, 3.63) is 48.2 Å². The van der Waals surface area contributed by atoms with E-state index in [-0.39, 0.29) is 0 Å². The Kier molecular flexibility index (Phi) is 2.49. The number of pyridine rings is 1. The normalized spacial score (nSPS) is 10.1. The van der Waals surface area contributed by atoms with E-state index in [1.165, 1.54) is 5.56 Å². The molecule has 14 heavy (non-hydrogen) atoms. The van der Waals surface area contributed by atoms with Crippen LogP contribution in [0.1, 0.15) is 11.3 Å². The molecule has 0 aliphatic rings. The van der Waals surface area contributed by atoms with Crippen molar-refractivity contribution in [3.8, 4) is 0 Å². The van der Waals surface area contributed by atoms with Gasteiger partial charge in [0.15, 0.2) is 0 Å². The first-order valence-electron chi connectivity index (χ1n) is 4.53. The Labute approximate surface area is 82.8 Å². The maximum atomic E-state index is 5.20. The van der Waals surface area contributed by atoms with Crippen LogP contribution in [0.2, 0.25) is 0 Å². The molecule has 0 aliphatic heterocycles. The van der Waals surface area contributed by atoms with Gasteiger partial charge in [-0.05, 0) is 25.1 Å². The minimum absolute atomic E-state index is 0.772. The van der Waals surface area contributed by atoms with Gasteiger partial charge in [-0.3, -0.25) is 4.98 Å². The van der Waals surface area contributed by atoms with Crippen LogP contribution in [0.4, 0.5) is 5.69 Å². The maximum absolute atomic E-state index is 5.20. The number of nitrogens with zero attached hydrogens (tertiary/aromatic N) is 1. The zero-order valence-corrected chi connectivity index (χ0v) is 8.03. The average molecular weight is 188 g/mol. The molecule has 0 radical (unpaired) electrons. The van der Waals surface area contributed by atoms with Crippen LogP contribution in [0.15, 0.2) is 41.3 Å². The van der Waals surface area contributed by atoms with Crippen LogP contribution < -0.4 is 5.32 Å². The zero-order valence-electron chi connectivity index (χ0n) is 8.03. The van der Waals surface area contributed by atoms with E-state index in [1.54, 1.807) is 18.7 Å². The van der Waals surface area contributed by atoms with Gasteiger partial charge in [0.2, 0.25) is 0 Å². The lowest BCUT2D eigenvalue weighted by Crippen LogP contribution is -1.99. The van der Waals surface area contributed by atoms with Crippen molar-refractivity contribution in [1.82, 2.24) is 4.98 Å². The van der Waals surface area contributed by atoms with Crippen LogP contribution in [0.25, 0.3) is 0 Å². The molecular weight excluding hydrogens is 176 g/mol. The summed E-state index contributed by atoms with van der Waals surface area (Å²) in [5.74, 6) is 0.960. The van der Waals surface area contributed by atoms with E-state index >= 15 is 0 Å². The van der Waals surface area contributed by atoms with Crippen LogP contribution in [-0.2, 0) is 6.54 Å². The zero-order chi connectivity index (χ0) is 9.80. The minimum Gasteiger partial charge on any atom is -0.469 e. The van der Waals surface area contributed by atoms with E-state index in [4.69, 9.17) is 4.42 Å². The van der Waals surface area contributed by atoms with Gasteiger partial charge in [0.25, 0.3) is 0 Å². The lowest BCUT2D eigenvalue weighted by atomic mass is 10.2. The van der Waals surface area contributed by atoms with E-state index in [9.17, 15) is 0 Å². The van der Waals surface area contributed by atoms with Gasteiger partial charge in [-0.15, -0.1) is 0 Å². The second-order valence-corrected chi connectivity index (χ2v) is 3.10. The summed E-state index contributed by atoms with van der Waals surface area (Å²) < 4.78 is 5.20. The second-order valence-electron chi connectivity index (χ2n) is 3.10. The molecule has 0 amide bonds. The van der Waals surface area contributed by atoms with E-state index in [0.29, 0.717) is 0 Å². The van der Waals surface area contributed by atoms with E-state index in [2.05, 4.69) is 10.3 Å². The third kappa shape index (κ3) is 1.93. The molecule has 2 aromatic heterocycles. The smallest absolute Gasteiger partial charge is 0.105 e. The highest BCUT2D eigenvalue weighted by atomic mass is 16.3. The number of aromatic nitrogens is 1. The van der Waals surface area contributed by atoms with Crippen molar-refractivity contribution in [2.24, 2.45) is 0 Å². The second kappa shape index (κ2) is 3.96. The molecule has 0 saturated heterocycles. The predicted molar refractivity (Wildman–Crippen MR) is 55.0 cm³/mol. The van der Waals surface area contributed by atoms with Crippen molar-refractivity contribution in [1.29, 1.82) is 0 Å². The van der Waals surface area contributed by atoms with Gasteiger partial charge < -0.3 is 9.73 Å². The first-order chi connectivity index (χ1) is 6.86. The Hall–Kier alpha value is -1.77. The van der Waals surface area contributed by atoms with Crippen LogP contribution in [0, 0.1) is 6.92 Å². The highest BCUT2D eigenvalue weighted by Gasteiger charge is 1.99. The van der Waals surface area contributed by atoms with Gasteiger partial charge in [0, 0.05) is 24.5 Å². The number of aryl methyl sites for hydroxylation is 1. The first-order valence-corrected chi connectivity index (χ1v) is 4.53. The molecule has 1 N–H and O–H groups in total. The fourth-order valence-corrected chi connectivity index (χ4v) is 1.26. The highest BCUT2D eigenvalue weighted by Crippen LogP contribution is 2.11. The van der Waals surface area contributed by atoms with Gasteiger partial charge >= 0.3 is 0 Å². The number of anilines is 1. The fourth-order valence-electron chi connectivity index (χ4n) is 1.26. The summed E-state index contributed by atoms with van der Waals surface area (Å²) in [5.41, 5.74) is 2.20. The Balaban J connectivity index is 1.99. The topological polar surface area (TPSA) is 38.1 Å². The van der Waals surface area contributed by atoms with Gasteiger partial charge in [-0.25, -0.2) is 0 Å². The Morgan fingerprint density at radius 3 is 3.00 bits per heavy atom. The van der Waals surface area contributed by atoms with E-state index < -0.39 is 0 Å². The van der Waals surface area contributed by atoms with Crippen molar-refractivity contribution in [3.63, 3.8) is 0 Å². The molecule has 3 nitrogen and oxygen atoms in total. The van der Waals surface area contributed by atoms with Gasteiger partial charge in [0.1, 0.15) is 5.76 Å². The molecule has 0 unspecified atom stereocenters. The molecule has 0 atom stereocenters. The first kappa shape index (κ1) is 8.81. The molecule has 0 fully saturated rings. The van der Waals surface area contributed by atoms with Crippen molar-refractivity contribution >= 4 is 5.69 Å². The summed E-state index contributed by atoms with van der Waals surface area (Å²) in [6.45, 7) is 2.73. The number of furan rings is 1. The Morgan fingerprint density at radius 2 is 2.36 bits per heavy atom. The largest absolute Gasteiger partial charge is 0.469 e. The summed E-state index contributed by atoms with van der Waals surface area (Å²) >= 11 is 0. The molecule has 0 saturated carbocycles. The summed E-state index contributed by atoms with van der Waals surface area (Å²) in [6, 6.07) is 5.87. The summed E-state index contributed by atoms with van der Waals surface area (Å²) in [6.07, 6.45) is 5.26. The maximum Gasteiger partial charge on any atom is 0.105 e. The monoisotopic (exact) mass is 188 g/mol. The average Bonchev–Trinajstić information content (AvgIpc) is 2.63. The summed E-state index contributed by atoms with van der Waals surface area (Å²) in [4.78, 5) is 4.02. The number of hydrogen-bond donors (Lipinski definition) is 1. The SMILES string of the molecule is Cc1occc1CNc1cccnc1. The van der Waals surface area contributed by atoms with Gasteiger partial charge in [-0.1, -0.05) is 0 Å². The van der Waals surface area contributed by atoms with Crippen molar-refractivity contribution < 1.29 is 4.42 Å². The van der Waals surface area contributed by atoms with Crippen molar-refractivity contribution in [2.75, 3.05) is 5.32 Å². The van der Waals surface area contributed by atoms with Crippen LogP contribution >= 0.6 is 0 Å². The number of hydrogen-bond acceptors (Lipinski definition) is 3. The number of rotatable bonds is 3. The molecule has 0 aromatic carbocycles. The minimum atomic E-state index is 0.772. The molecule has 3 heteroatoms. The van der Waals surface area contributed by atoms with E-state index in [0.717, 1.165) is 18.0 Å². The Morgan fingerprint density at radius 1 is 1.43 bits per heavy atom. The molecular formula is C11H12N2O. The lowest BCUT2D eigenvalue weighted by Gasteiger charge is -2.03. The van der Waals surface area contributed by atoms with Gasteiger partial charge in [0.05, 0.1) is 12.0 Å². The molecule has 0 spiro atoms. The third-order valence-electron chi connectivity index (χ3n) is 2.11. The Bertz CT molecular complexity index is 395. The quantitative estimate of drug-likeness (QED) is 0.804. The molecule has 2 rings (SSSR count). The molecule has 0 aliphatic carbocycles. The van der Waals surface area contributed by atoms with Crippen LogP contribution in [0.5, 0.6) is 0 Å². The predicted octanol–water partition coefficient (Wildman–Crippen LogP) is 2.60. The molecule has 2 aromatic rings. The summed E-state index contributed by atoms with van der Waals surface area (Å²) in [5, 5.41) is 3.27. The summed E-state index contributed by atoms with van der Waals surface area (Å²) in [7, 11) is 0. The molecule has 2 heterocycles. The number of nitrogens with one attached hydrogen (secondary N) is 1. The fraction of sp³-hybridized carbons (Fsp3) is 0.182. The highest BCUT2D eigenvalue weighted by molar-refractivity contribution is 5.40. The van der Waals surface area contributed by atoms with E-state index in [1.807, 2.05) is 25.1 Å². The molecule has 72 valence electrons. The van der Waals surface area contributed by atoms with Crippen LogP contribution in [-0.4, -0.2) is 4.98 Å². The van der Waals surface area contributed by atoms with Gasteiger partial charge in [-0.2, -0.15) is 0 Å². The van der Waals surface area contributed by atoms with Crippen LogP contribution in [0.3, 0.4) is 0 Å². The standard InChI is InChI=1S/C11H12N2O/c1-9-10(4-6-14-9)7-13-11-3-2-5-12-8-11/h2-6,8,13H,7H2,1H3.